The molecular formula is C13H10N2O2. The monoisotopic (exact) mass is 226 g/mol. The highest BCUT2D eigenvalue weighted by molar-refractivity contribution is 6.11. The Morgan fingerprint density at radius 2 is 2.24 bits per heavy atom. The molecule has 0 N–H and O–H groups in total. The van der Waals surface area contributed by atoms with E-state index >= 15 is 0 Å². The first-order chi connectivity index (χ1) is 8.22. The lowest BCUT2D eigenvalue weighted by molar-refractivity contribution is 0.103. The predicted molar refractivity (Wildman–Crippen MR) is 60.8 cm³/mol. The second kappa shape index (κ2) is 6.09. The first-order valence-electron chi connectivity index (χ1n) is 4.99. The Morgan fingerprint density at radius 3 is 2.82 bits per heavy atom. The molecule has 17 heavy (non-hydrogen) atoms. The molecule has 0 saturated heterocycles. The second-order valence-corrected chi connectivity index (χ2v) is 3.12. The van der Waals surface area contributed by atoms with Crippen LogP contribution in [0.2, 0.25) is 0 Å². The summed E-state index contributed by atoms with van der Waals surface area (Å²) >= 11 is 0. The molecule has 0 unspecified atom stereocenters. The number of nitriles is 2. The summed E-state index contributed by atoms with van der Waals surface area (Å²) in [7, 11) is 0. The zero-order valence-corrected chi connectivity index (χ0v) is 9.30. The van der Waals surface area contributed by atoms with E-state index in [0.29, 0.717) is 17.7 Å². The van der Waals surface area contributed by atoms with E-state index in [1.54, 1.807) is 31.2 Å². The van der Waals surface area contributed by atoms with Gasteiger partial charge in [-0.15, -0.1) is 0 Å². The van der Waals surface area contributed by atoms with E-state index in [9.17, 15) is 4.79 Å². The molecule has 1 aromatic rings. The molecule has 0 bridgehead atoms. The Balaban J connectivity index is 3.04. The molecule has 0 aromatic heterocycles. The van der Waals surface area contributed by atoms with Gasteiger partial charge in [-0.2, -0.15) is 10.5 Å². The molecule has 0 radical (unpaired) electrons. The van der Waals surface area contributed by atoms with E-state index in [4.69, 9.17) is 15.3 Å². The highest BCUT2D eigenvalue weighted by Crippen LogP contribution is 2.10. The lowest BCUT2D eigenvalue weighted by atomic mass is 10.0. The number of Topliss-reactive ketones (excluding diaryl/α,β-unsaturated/α-hetero) is 1. The van der Waals surface area contributed by atoms with Crippen LogP contribution in [0.15, 0.2) is 36.1 Å². The minimum atomic E-state index is -0.446. The summed E-state index contributed by atoms with van der Waals surface area (Å²) in [6, 6.07) is 9.90. The molecule has 0 spiro atoms. The number of rotatable bonds is 4. The van der Waals surface area contributed by atoms with Crippen LogP contribution in [0, 0.1) is 22.7 Å². The van der Waals surface area contributed by atoms with Crippen LogP contribution in [0.25, 0.3) is 0 Å². The molecule has 0 aliphatic rings. The maximum Gasteiger partial charge on any atom is 0.206 e. The molecule has 4 nitrogen and oxygen atoms in total. The third kappa shape index (κ3) is 3.19. The topological polar surface area (TPSA) is 73.9 Å². The summed E-state index contributed by atoms with van der Waals surface area (Å²) in [6.45, 7) is 2.14. The van der Waals surface area contributed by atoms with Crippen LogP contribution in [0.3, 0.4) is 0 Å². The number of carbonyl (C=O) groups excluding carboxylic acids is 1. The fraction of sp³-hybridized carbons (Fsp3) is 0.154. The van der Waals surface area contributed by atoms with Crippen molar-refractivity contribution in [2.75, 3.05) is 6.61 Å². The van der Waals surface area contributed by atoms with Crippen molar-refractivity contribution in [2.24, 2.45) is 0 Å². The van der Waals surface area contributed by atoms with E-state index in [-0.39, 0.29) is 5.57 Å². The molecular weight excluding hydrogens is 216 g/mol. The molecule has 0 amide bonds. The predicted octanol–water partition coefficient (Wildman–Crippen LogP) is 2.18. The van der Waals surface area contributed by atoms with Gasteiger partial charge in [-0.3, -0.25) is 4.79 Å². The highest BCUT2D eigenvalue weighted by atomic mass is 16.5. The van der Waals surface area contributed by atoms with Crippen LogP contribution < -0.4 is 0 Å². The zero-order chi connectivity index (χ0) is 12.7. The van der Waals surface area contributed by atoms with Crippen LogP contribution >= 0.6 is 0 Å². The van der Waals surface area contributed by atoms with Crippen molar-refractivity contribution >= 4 is 5.78 Å². The first-order valence-corrected chi connectivity index (χ1v) is 4.99. The van der Waals surface area contributed by atoms with E-state index in [1.807, 2.05) is 6.07 Å². The SMILES string of the molecule is CCOC=C(C#N)C(=O)c1cccc(C#N)c1. The fourth-order valence-electron chi connectivity index (χ4n) is 1.18. The average molecular weight is 226 g/mol. The largest absolute Gasteiger partial charge is 0.500 e. The van der Waals surface area contributed by atoms with Crippen molar-refractivity contribution in [1.82, 2.24) is 0 Å². The number of ether oxygens (including phenoxy) is 1. The lowest BCUT2D eigenvalue weighted by Gasteiger charge is -2.00. The Hall–Kier alpha value is -2.59. The summed E-state index contributed by atoms with van der Waals surface area (Å²) in [5, 5.41) is 17.5. The Kier molecular flexibility index (Phi) is 4.47. The summed E-state index contributed by atoms with van der Waals surface area (Å²) < 4.78 is 4.92. The summed E-state index contributed by atoms with van der Waals surface area (Å²) in [5.74, 6) is -0.446. The van der Waals surface area contributed by atoms with E-state index in [1.165, 1.54) is 6.07 Å². The van der Waals surface area contributed by atoms with Crippen LogP contribution in [-0.4, -0.2) is 12.4 Å². The maximum absolute atomic E-state index is 11.9. The second-order valence-electron chi connectivity index (χ2n) is 3.12. The van der Waals surface area contributed by atoms with Crippen LogP contribution in [0.5, 0.6) is 0 Å². The van der Waals surface area contributed by atoms with Crippen molar-refractivity contribution in [3.05, 3.63) is 47.2 Å². The Labute approximate surface area is 99.4 Å². The van der Waals surface area contributed by atoms with Crippen molar-refractivity contribution in [2.45, 2.75) is 6.92 Å². The molecule has 0 aliphatic heterocycles. The van der Waals surface area contributed by atoms with Gasteiger partial charge in [0.2, 0.25) is 5.78 Å². The van der Waals surface area contributed by atoms with Crippen molar-refractivity contribution in [1.29, 1.82) is 10.5 Å². The Bertz CT molecular complexity index is 533. The van der Waals surface area contributed by atoms with E-state index in [2.05, 4.69) is 0 Å². The maximum atomic E-state index is 11.9. The smallest absolute Gasteiger partial charge is 0.206 e. The van der Waals surface area contributed by atoms with Gasteiger partial charge in [0.1, 0.15) is 17.9 Å². The molecule has 1 rings (SSSR count). The van der Waals surface area contributed by atoms with Gasteiger partial charge in [0.15, 0.2) is 0 Å². The average Bonchev–Trinajstić information content (AvgIpc) is 2.39. The molecule has 0 aliphatic carbocycles. The minimum absolute atomic E-state index is 0.0815. The van der Waals surface area contributed by atoms with Gasteiger partial charge in [-0.1, -0.05) is 12.1 Å². The van der Waals surface area contributed by atoms with E-state index < -0.39 is 5.78 Å². The van der Waals surface area contributed by atoms with Crippen molar-refractivity contribution < 1.29 is 9.53 Å². The first kappa shape index (κ1) is 12.5. The highest BCUT2D eigenvalue weighted by Gasteiger charge is 2.12. The molecule has 4 heteroatoms. The minimum Gasteiger partial charge on any atom is -0.500 e. The number of nitrogens with zero attached hydrogens (tertiary/aromatic N) is 2. The van der Waals surface area contributed by atoms with Crippen molar-refractivity contribution in [3.8, 4) is 12.1 Å². The third-order valence-electron chi connectivity index (χ3n) is 1.99. The van der Waals surface area contributed by atoms with Gasteiger partial charge >= 0.3 is 0 Å². The summed E-state index contributed by atoms with van der Waals surface area (Å²) in [5.41, 5.74) is 0.600. The van der Waals surface area contributed by atoms with Crippen LogP contribution in [0.1, 0.15) is 22.8 Å². The molecule has 84 valence electrons. The van der Waals surface area contributed by atoms with Gasteiger partial charge in [0.25, 0.3) is 0 Å². The standard InChI is InChI=1S/C13H10N2O2/c1-2-17-9-12(8-15)13(16)11-5-3-4-10(6-11)7-14/h3-6,9H,2H2,1H3. The van der Waals surface area contributed by atoms with Gasteiger partial charge in [0, 0.05) is 5.56 Å². The number of carbonyl (C=O) groups is 1. The quantitative estimate of drug-likeness (QED) is 0.341. The molecule has 1 aromatic carbocycles. The van der Waals surface area contributed by atoms with Crippen molar-refractivity contribution in [3.63, 3.8) is 0 Å². The van der Waals surface area contributed by atoms with Gasteiger partial charge in [-0.05, 0) is 19.1 Å². The number of hydrogen-bond acceptors (Lipinski definition) is 4. The Morgan fingerprint density at radius 1 is 1.47 bits per heavy atom. The van der Waals surface area contributed by atoms with Crippen LogP contribution in [-0.2, 0) is 4.74 Å². The third-order valence-corrected chi connectivity index (χ3v) is 1.99. The number of ketones is 1. The number of allylic oxidation sites excluding steroid dienone is 1. The molecule has 0 fully saturated rings. The lowest BCUT2D eigenvalue weighted by Crippen LogP contribution is -2.03. The molecule has 0 heterocycles. The number of benzene rings is 1. The zero-order valence-electron chi connectivity index (χ0n) is 9.30. The fourth-order valence-corrected chi connectivity index (χ4v) is 1.18. The van der Waals surface area contributed by atoms with Gasteiger partial charge < -0.3 is 4.74 Å². The molecule has 0 saturated carbocycles. The molecule has 0 atom stereocenters. The van der Waals surface area contributed by atoms with Gasteiger partial charge in [-0.25, -0.2) is 0 Å². The summed E-state index contributed by atoms with van der Waals surface area (Å²) in [4.78, 5) is 11.9. The normalized spacial score (nSPS) is 10.2. The van der Waals surface area contributed by atoms with E-state index in [0.717, 1.165) is 6.26 Å². The van der Waals surface area contributed by atoms with Crippen LogP contribution in [0.4, 0.5) is 0 Å². The van der Waals surface area contributed by atoms with Gasteiger partial charge in [0.05, 0.1) is 18.2 Å². The summed E-state index contributed by atoms with van der Waals surface area (Å²) in [6.07, 6.45) is 1.14. The number of hydrogen-bond donors (Lipinski definition) is 0.